The van der Waals surface area contributed by atoms with Crippen molar-refractivity contribution in [1.29, 1.82) is 0 Å². The van der Waals surface area contributed by atoms with Gasteiger partial charge in [-0.05, 0) is 44.0 Å². The van der Waals surface area contributed by atoms with E-state index in [4.69, 9.17) is 9.84 Å². The molecule has 0 aliphatic heterocycles. The third-order valence-corrected chi connectivity index (χ3v) is 2.72. The quantitative estimate of drug-likeness (QED) is 0.567. The van der Waals surface area contributed by atoms with Crippen LogP contribution in [0, 0.1) is 0 Å². The Morgan fingerprint density at radius 2 is 1.71 bits per heavy atom. The molecule has 114 valence electrons. The second-order valence-electron chi connectivity index (χ2n) is 4.45. The van der Waals surface area contributed by atoms with Crippen LogP contribution in [0.1, 0.15) is 43.0 Å². The molecule has 0 bridgehead atoms. The lowest BCUT2D eigenvalue weighted by Gasteiger charge is -2.06. The fourth-order valence-electron chi connectivity index (χ4n) is 1.69. The Morgan fingerprint density at radius 3 is 2.29 bits per heavy atom. The minimum Gasteiger partial charge on any atom is -0.481 e. The molecule has 1 aromatic carbocycles. The third kappa shape index (κ3) is 6.56. The lowest BCUT2D eigenvalue weighted by molar-refractivity contribution is -0.137. The minimum atomic E-state index is -0.857. The van der Waals surface area contributed by atoms with Crippen molar-refractivity contribution in [1.82, 2.24) is 0 Å². The molecule has 0 fully saturated rings. The molecular weight excluding hydrogens is 274 g/mol. The molecule has 0 aromatic heterocycles. The molecule has 1 rings (SSSR count). The van der Waals surface area contributed by atoms with Crippen LogP contribution in [0.2, 0.25) is 0 Å². The number of carbonyl (C=O) groups excluding carboxylic acids is 2. The second-order valence-corrected chi connectivity index (χ2v) is 4.45. The van der Waals surface area contributed by atoms with Crippen molar-refractivity contribution in [2.75, 3.05) is 11.9 Å². The molecule has 0 spiro atoms. The SMILES string of the molecule is CCOC(=O)c1ccc(NC(=O)CCCCC(=O)O)cc1. The molecule has 2 N–H and O–H groups in total. The molecule has 1 amide bonds. The first-order chi connectivity index (χ1) is 10.0. The maximum atomic E-state index is 11.6. The number of esters is 1. The van der Waals surface area contributed by atoms with E-state index in [2.05, 4.69) is 5.32 Å². The molecule has 21 heavy (non-hydrogen) atoms. The van der Waals surface area contributed by atoms with E-state index >= 15 is 0 Å². The first kappa shape index (κ1) is 16.7. The lowest BCUT2D eigenvalue weighted by Crippen LogP contribution is -2.11. The van der Waals surface area contributed by atoms with Gasteiger partial charge in [-0.25, -0.2) is 4.79 Å². The van der Waals surface area contributed by atoms with Crippen LogP contribution in [-0.4, -0.2) is 29.6 Å². The van der Waals surface area contributed by atoms with Gasteiger partial charge in [0, 0.05) is 18.5 Å². The van der Waals surface area contributed by atoms with E-state index in [1.807, 2.05) is 0 Å². The summed E-state index contributed by atoms with van der Waals surface area (Å²) in [7, 11) is 0. The minimum absolute atomic E-state index is 0.0709. The Hall–Kier alpha value is -2.37. The van der Waals surface area contributed by atoms with Crippen LogP contribution in [0.4, 0.5) is 5.69 Å². The van der Waals surface area contributed by atoms with Gasteiger partial charge in [0.15, 0.2) is 0 Å². The number of carboxylic acid groups (broad SMARTS) is 1. The predicted molar refractivity (Wildman–Crippen MR) is 77.1 cm³/mol. The van der Waals surface area contributed by atoms with E-state index in [-0.39, 0.29) is 18.7 Å². The number of carbonyl (C=O) groups is 3. The summed E-state index contributed by atoms with van der Waals surface area (Å²) >= 11 is 0. The standard InChI is InChI=1S/C15H19NO5/c1-2-21-15(20)11-7-9-12(10-8-11)16-13(17)5-3-4-6-14(18)19/h7-10H,2-6H2,1H3,(H,16,17)(H,18,19). The van der Waals surface area contributed by atoms with E-state index in [9.17, 15) is 14.4 Å². The van der Waals surface area contributed by atoms with Gasteiger partial charge in [0.2, 0.25) is 5.91 Å². The summed E-state index contributed by atoms with van der Waals surface area (Å²) in [5.74, 6) is -1.43. The molecule has 6 nitrogen and oxygen atoms in total. The van der Waals surface area contributed by atoms with Crippen LogP contribution in [0.15, 0.2) is 24.3 Å². The van der Waals surface area contributed by atoms with Gasteiger partial charge in [0.25, 0.3) is 0 Å². The number of unbranched alkanes of at least 4 members (excludes halogenated alkanes) is 1. The summed E-state index contributed by atoms with van der Waals surface area (Å²) in [5, 5.41) is 11.2. The Bertz CT molecular complexity index is 495. The summed E-state index contributed by atoms with van der Waals surface area (Å²) in [4.78, 5) is 33.4. The predicted octanol–water partition coefficient (Wildman–Crippen LogP) is 2.45. The molecule has 0 aliphatic rings. The summed E-state index contributed by atoms with van der Waals surface area (Å²) in [5.41, 5.74) is 1.02. The smallest absolute Gasteiger partial charge is 0.338 e. The monoisotopic (exact) mass is 293 g/mol. The third-order valence-electron chi connectivity index (χ3n) is 2.72. The Labute approximate surface area is 123 Å². The van der Waals surface area contributed by atoms with Crippen LogP contribution < -0.4 is 5.32 Å². The largest absolute Gasteiger partial charge is 0.481 e. The zero-order valence-electron chi connectivity index (χ0n) is 11.9. The van der Waals surface area contributed by atoms with E-state index in [0.29, 0.717) is 30.7 Å². The van der Waals surface area contributed by atoms with Gasteiger partial charge in [-0.2, -0.15) is 0 Å². The van der Waals surface area contributed by atoms with E-state index < -0.39 is 11.9 Å². The molecule has 0 atom stereocenters. The number of ether oxygens (including phenoxy) is 1. The number of aliphatic carboxylic acids is 1. The average Bonchev–Trinajstić information content (AvgIpc) is 2.44. The zero-order chi connectivity index (χ0) is 15.7. The number of amides is 1. The van der Waals surface area contributed by atoms with Gasteiger partial charge in [-0.3, -0.25) is 9.59 Å². The zero-order valence-corrected chi connectivity index (χ0v) is 11.9. The van der Waals surface area contributed by atoms with E-state index in [0.717, 1.165) is 0 Å². The van der Waals surface area contributed by atoms with Crippen molar-refractivity contribution in [3.05, 3.63) is 29.8 Å². The maximum absolute atomic E-state index is 11.6. The highest BCUT2D eigenvalue weighted by Crippen LogP contribution is 2.11. The highest BCUT2D eigenvalue weighted by Gasteiger charge is 2.07. The molecule has 0 saturated heterocycles. The highest BCUT2D eigenvalue weighted by atomic mass is 16.5. The van der Waals surface area contributed by atoms with Crippen molar-refractivity contribution in [2.45, 2.75) is 32.6 Å². The van der Waals surface area contributed by atoms with Gasteiger partial charge in [-0.1, -0.05) is 0 Å². The average molecular weight is 293 g/mol. The number of hydrogen-bond acceptors (Lipinski definition) is 4. The molecule has 0 unspecified atom stereocenters. The number of rotatable bonds is 8. The number of anilines is 1. The van der Waals surface area contributed by atoms with Crippen molar-refractivity contribution in [3.63, 3.8) is 0 Å². The number of nitrogens with one attached hydrogen (secondary N) is 1. The van der Waals surface area contributed by atoms with Crippen LogP contribution in [0.25, 0.3) is 0 Å². The van der Waals surface area contributed by atoms with Crippen molar-refractivity contribution < 1.29 is 24.2 Å². The van der Waals surface area contributed by atoms with Crippen LogP contribution in [0.5, 0.6) is 0 Å². The lowest BCUT2D eigenvalue weighted by atomic mass is 10.1. The Morgan fingerprint density at radius 1 is 1.10 bits per heavy atom. The first-order valence-electron chi connectivity index (χ1n) is 6.81. The number of carboxylic acids is 1. The van der Waals surface area contributed by atoms with Crippen LogP contribution >= 0.6 is 0 Å². The number of hydrogen-bond donors (Lipinski definition) is 2. The summed E-state index contributed by atoms with van der Waals surface area (Å²) in [6.07, 6.45) is 1.35. The van der Waals surface area contributed by atoms with Gasteiger partial charge in [0.05, 0.1) is 12.2 Å². The fourth-order valence-corrected chi connectivity index (χ4v) is 1.69. The summed E-state index contributed by atoms with van der Waals surface area (Å²) in [6.45, 7) is 2.05. The topological polar surface area (TPSA) is 92.7 Å². The van der Waals surface area contributed by atoms with Crippen LogP contribution in [-0.2, 0) is 14.3 Å². The number of benzene rings is 1. The summed E-state index contributed by atoms with van der Waals surface area (Å²) in [6, 6.07) is 6.42. The first-order valence-corrected chi connectivity index (χ1v) is 6.81. The second kappa shape index (κ2) is 8.73. The van der Waals surface area contributed by atoms with Gasteiger partial charge >= 0.3 is 11.9 Å². The molecular formula is C15H19NO5. The molecule has 0 radical (unpaired) electrons. The molecule has 0 heterocycles. The normalized spacial score (nSPS) is 9.95. The molecule has 1 aromatic rings. The fraction of sp³-hybridized carbons (Fsp3) is 0.400. The summed E-state index contributed by atoms with van der Waals surface area (Å²) < 4.78 is 4.86. The Balaban J connectivity index is 2.39. The van der Waals surface area contributed by atoms with Crippen molar-refractivity contribution >= 4 is 23.5 Å². The highest BCUT2D eigenvalue weighted by molar-refractivity contribution is 5.93. The van der Waals surface area contributed by atoms with Crippen molar-refractivity contribution in [2.24, 2.45) is 0 Å². The van der Waals surface area contributed by atoms with Gasteiger partial charge in [0.1, 0.15) is 0 Å². The van der Waals surface area contributed by atoms with Gasteiger partial charge in [-0.15, -0.1) is 0 Å². The molecule has 6 heteroatoms. The maximum Gasteiger partial charge on any atom is 0.338 e. The van der Waals surface area contributed by atoms with Gasteiger partial charge < -0.3 is 15.2 Å². The molecule has 0 aliphatic carbocycles. The van der Waals surface area contributed by atoms with Crippen LogP contribution in [0.3, 0.4) is 0 Å². The Kier molecular flexibility index (Phi) is 6.94. The molecule has 0 saturated carbocycles. The van der Waals surface area contributed by atoms with E-state index in [1.165, 1.54) is 0 Å². The van der Waals surface area contributed by atoms with E-state index in [1.54, 1.807) is 31.2 Å². The van der Waals surface area contributed by atoms with Crippen molar-refractivity contribution in [3.8, 4) is 0 Å².